The zero-order chi connectivity index (χ0) is 13.3. The number of nitrogens with two attached hydrogens (primary N) is 1. The Balaban J connectivity index is 2.32. The van der Waals surface area contributed by atoms with Gasteiger partial charge in [0.05, 0.1) is 5.69 Å². The molecule has 2 N–H and O–H groups in total. The van der Waals surface area contributed by atoms with Gasteiger partial charge >= 0.3 is 0 Å². The van der Waals surface area contributed by atoms with Crippen molar-refractivity contribution in [2.75, 3.05) is 11.4 Å². The molecular formula is C14H20F2N2. The lowest BCUT2D eigenvalue weighted by atomic mass is 10.1. The lowest BCUT2D eigenvalue weighted by Crippen LogP contribution is -2.31. The summed E-state index contributed by atoms with van der Waals surface area (Å²) < 4.78 is 27.8. The fourth-order valence-electron chi connectivity index (χ4n) is 2.18. The summed E-state index contributed by atoms with van der Waals surface area (Å²) in [4.78, 5) is 1.99. The number of hydrogen-bond donors (Lipinski definition) is 1. The maximum Gasteiger partial charge on any atom is 0.182 e. The third-order valence-electron chi connectivity index (χ3n) is 3.22. The number of hydrogen-bond acceptors (Lipinski definition) is 2. The second-order valence-electron chi connectivity index (χ2n) is 5.35. The van der Waals surface area contributed by atoms with Gasteiger partial charge in [0.1, 0.15) is 0 Å². The lowest BCUT2D eigenvalue weighted by molar-refractivity contribution is 0.492. The van der Waals surface area contributed by atoms with E-state index < -0.39 is 11.6 Å². The normalized spacial score (nSPS) is 15.2. The summed E-state index contributed by atoms with van der Waals surface area (Å²) in [5, 5.41) is 0. The largest absolute Gasteiger partial charge is 0.366 e. The Morgan fingerprint density at radius 3 is 2.44 bits per heavy atom. The van der Waals surface area contributed by atoms with E-state index in [0.717, 1.165) is 19.4 Å². The van der Waals surface area contributed by atoms with Crippen LogP contribution in [0.5, 0.6) is 0 Å². The Bertz CT molecular complexity index is 428. The van der Waals surface area contributed by atoms with Gasteiger partial charge in [0, 0.05) is 24.7 Å². The molecule has 18 heavy (non-hydrogen) atoms. The summed E-state index contributed by atoms with van der Waals surface area (Å²) in [6.45, 7) is 4.94. The van der Waals surface area contributed by atoms with Crippen LogP contribution in [0.4, 0.5) is 14.5 Å². The van der Waals surface area contributed by atoms with Gasteiger partial charge < -0.3 is 10.6 Å². The van der Waals surface area contributed by atoms with Crippen LogP contribution < -0.4 is 10.6 Å². The van der Waals surface area contributed by atoms with Gasteiger partial charge in [0.15, 0.2) is 11.6 Å². The van der Waals surface area contributed by atoms with Crippen LogP contribution in [0, 0.1) is 17.6 Å². The molecule has 100 valence electrons. The molecule has 0 radical (unpaired) electrons. The number of halogens is 2. The minimum Gasteiger partial charge on any atom is -0.366 e. The van der Waals surface area contributed by atoms with Crippen LogP contribution >= 0.6 is 0 Å². The number of nitrogens with zero attached hydrogens (tertiary/aromatic N) is 1. The molecule has 0 spiro atoms. The standard InChI is InChI=1S/C14H20F2N2/c1-9(2)8-18(11-4-5-11)12-6-3-10(7-17)13(15)14(12)16/h3,6,9,11H,4-5,7-8,17H2,1-2H3. The Labute approximate surface area is 107 Å². The van der Waals surface area contributed by atoms with E-state index in [2.05, 4.69) is 13.8 Å². The molecule has 1 aliphatic carbocycles. The second kappa shape index (κ2) is 5.22. The summed E-state index contributed by atoms with van der Waals surface area (Å²) in [6.07, 6.45) is 2.12. The molecule has 0 unspecified atom stereocenters. The minimum absolute atomic E-state index is 0.0244. The maximum absolute atomic E-state index is 14.1. The van der Waals surface area contributed by atoms with Gasteiger partial charge in [-0.15, -0.1) is 0 Å². The van der Waals surface area contributed by atoms with Crippen LogP contribution in [0.1, 0.15) is 32.3 Å². The van der Waals surface area contributed by atoms with Crippen LogP contribution in [-0.2, 0) is 6.54 Å². The van der Waals surface area contributed by atoms with Crippen LogP contribution in [0.25, 0.3) is 0 Å². The summed E-state index contributed by atoms with van der Waals surface area (Å²) >= 11 is 0. The molecule has 0 bridgehead atoms. The average Bonchev–Trinajstić information content (AvgIpc) is 3.14. The van der Waals surface area contributed by atoms with Crippen molar-refractivity contribution in [3.05, 3.63) is 29.3 Å². The Kier molecular flexibility index (Phi) is 3.85. The topological polar surface area (TPSA) is 29.3 Å². The van der Waals surface area contributed by atoms with Crippen LogP contribution in [0.2, 0.25) is 0 Å². The molecule has 0 heterocycles. The summed E-state index contributed by atoms with van der Waals surface area (Å²) in [6, 6.07) is 3.61. The zero-order valence-corrected chi connectivity index (χ0v) is 10.9. The van der Waals surface area contributed by atoms with Crippen LogP contribution in [0.3, 0.4) is 0 Å². The fraction of sp³-hybridized carbons (Fsp3) is 0.571. The van der Waals surface area contributed by atoms with Gasteiger partial charge in [0.2, 0.25) is 0 Å². The van der Waals surface area contributed by atoms with E-state index in [0.29, 0.717) is 17.6 Å². The first-order valence-corrected chi connectivity index (χ1v) is 6.48. The van der Waals surface area contributed by atoms with E-state index in [9.17, 15) is 8.78 Å². The van der Waals surface area contributed by atoms with E-state index >= 15 is 0 Å². The highest BCUT2D eigenvalue weighted by molar-refractivity contribution is 5.52. The smallest absolute Gasteiger partial charge is 0.182 e. The molecule has 2 rings (SSSR count). The number of anilines is 1. The Morgan fingerprint density at radius 2 is 1.94 bits per heavy atom. The van der Waals surface area contributed by atoms with Crippen molar-refractivity contribution in [3.63, 3.8) is 0 Å². The number of rotatable bonds is 5. The summed E-state index contributed by atoms with van der Waals surface area (Å²) in [7, 11) is 0. The molecule has 1 saturated carbocycles. The highest BCUT2D eigenvalue weighted by atomic mass is 19.2. The Hall–Kier alpha value is -1.16. The van der Waals surface area contributed by atoms with Crippen molar-refractivity contribution in [1.82, 2.24) is 0 Å². The first-order chi connectivity index (χ1) is 8.54. The molecule has 1 aliphatic rings. The Morgan fingerprint density at radius 1 is 1.28 bits per heavy atom. The van der Waals surface area contributed by atoms with Crippen molar-refractivity contribution >= 4 is 5.69 Å². The minimum atomic E-state index is -0.801. The highest BCUT2D eigenvalue weighted by Gasteiger charge is 2.32. The molecule has 1 aromatic rings. The first-order valence-electron chi connectivity index (χ1n) is 6.48. The van der Waals surface area contributed by atoms with Gasteiger partial charge in [-0.3, -0.25) is 0 Å². The molecule has 1 aromatic carbocycles. The third-order valence-corrected chi connectivity index (χ3v) is 3.22. The van der Waals surface area contributed by atoms with Crippen LogP contribution in [0.15, 0.2) is 12.1 Å². The van der Waals surface area contributed by atoms with E-state index in [1.807, 2.05) is 4.90 Å². The molecule has 0 atom stereocenters. The average molecular weight is 254 g/mol. The maximum atomic E-state index is 14.1. The highest BCUT2D eigenvalue weighted by Crippen LogP contribution is 2.35. The predicted molar refractivity (Wildman–Crippen MR) is 69.5 cm³/mol. The van der Waals surface area contributed by atoms with Gasteiger partial charge in [-0.05, 0) is 24.8 Å². The van der Waals surface area contributed by atoms with Crippen molar-refractivity contribution in [3.8, 4) is 0 Å². The SMILES string of the molecule is CC(C)CN(c1ccc(CN)c(F)c1F)C1CC1. The molecular weight excluding hydrogens is 234 g/mol. The summed E-state index contributed by atoms with van der Waals surface area (Å²) in [5.74, 6) is -1.14. The van der Waals surface area contributed by atoms with Gasteiger partial charge in [0.25, 0.3) is 0 Å². The quantitative estimate of drug-likeness (QED) is 0.875. The molecule has 1 fully saturated rings. The van der Waals surface area contributed by atoms with Gasteiger partial charge in [-0.1, -0.05) is 19.9 Å². The van der Waals surface area contributed by atoms with Crippen molar-refractivity contribution in [1.29, 1.82) is 0 Å². The molecule has 0 aliphatic heterocycles. The second-order valence-corrected chi connectivity index (χ2v) is 5.35. The molecule has 0 amide bonds. The first kappa shape index (κ1) is 13.3. The fourth-order valence-corrected chi connectivity index (χ4v) is 2.18. The third kappa shape index (κ3) is 2.64. The molecule has 0 aromatic heterocycles. The predicted octanol–water partition coefficient (Wildman–Crippen LogP) is 3.05. The lowest BCUT2D eigenvalue weighted by Gasteiger charge is -2.27. The van der Waals surface area contributed by atoms with E-state index in [-0.39, 0.29) is 12.1 Å². The van der Waals surface area contributed by atoms with Gasteiger partial charge in [-0.25, -0.2) is 8.78 Å². The van der Waals surface area contributed by atoms with Crippen molar-refractivity contribution < 1.29 is 8.78 Å². The summed E-state index contributed by atoms with van der Waals surface area (Å²) in [5.41, 5.74) is 5.99. The van der Waals surface area contributed by atoms with Crippen molar-refractivity contribution in [2.45, 2.75) is 39.3 Å². The number of benzene rings is 1. The molecule has 4 heteroatoms. The van der Waals surface area contributed by atoms with Crippen LogP contribution in [-0.4, -0.2) is 12.6 Å². The van der Waals surface area contributed by atoms with Crippen molar-refractivity contribution in [2.24, 2.45) is 11.7 Å². The zero-order valence-electron chi connectivity index (χ0n) is 10.9. The molecule has 0 saturated heterocycles. The monoisotopic (exact) mass is 254 g/mol. The molecule has 2 nitrogen and oxygen atoms in total. The van der Waals surface area contributed by atoms with Gasteiger partial charge in [-0.2, -0.15) is 0 Å². The van der Waals surface area contributed by atoms with E-state index in [4.69, 9.17) is 5.73 Å². The van der Waals surface area contributed by atoms with E-state index in [1.165, 1.54) is 0 Å². The van der Waals surface area contributed by atoms with E-state index in [1.54, 1.807) is 12.1 Å².